The minimum atomic E-state index is 0.575. The van der Waals surface area contributed by atoms with Crippen molar-refractivity contribution in [1.29, 1.82) is 0 Å². The Morgan fingerprint density at radius 3 is 2.53 bits per heavy atom. The van der Waals surface area contributed by atoms with Crippen LogP contribution in [-0.4, -0.2) is 6.61 Å². The smallest absolute Gasteiger partial charge is 0.127 e. The Hall–Kier alpha value is -1.70. The van der Waals surface area contributed by atoms with E-state index in [-0.39, 0.29) is 0 Å². The summed E-state index contributed by atoms with van der Waals surface area (Å²) in [5.41, 5.74) is 6.75. The van der Waals surface area contributed by atoms with E-state index < -0.39 is 0 Å². The molecule has 2 aromatic rings. The summed E-state index contributed by atoms with van der Waals surface area (Å²) in [6.45, 7) is 5.12. The van der Waals surface area contributed by atoms with Crippen molar-refractivity contribution in [2.75, 3.05) is 12.3 Å². The molecule has 2 N–H and O–H groups in total. The normalized spacial score (nSPS) is 12.6. The van der Waals surface area contributed by atoms with E-state index in [1.165, 1.54) is 0 Å². The van der Waals surface area contributed by atoms with Gasteiger partial charge in [0.15, 0.2) is 0 Å². The first-order valence-electron chi connectivity index (χ1n) is 6.12. The van der Waals surface area contributed by atoms with Crippen LogP contribution >= 0.6 is 0 Å². The van der Waals surface area contributed by atoms with Gasteiger partial charge in [0.2, 0.25) is 0 Å². The second kappa shape index (κ2) is 5.09. The largest absolute Gasteiger partial charge is 0.493 e. The lowest BCUT2D eigenvalue weighted by Crippen LogP contribution is -2.07. The van der Waals surface area contributed by atoms with Crippen molar-refractivity contribution in [2.24, 2.45) is 5.92 Å². The van der Waals surface area contributed by atoms with Crippen molar-refractivity contribution in [3.05, 3.63) is 36.4 Å². The molecular formula is C15H19NO. The number of benzene rings is 2. The third-order valence-corrected chi connectivity index (χ3v) is 3.14. The quantitative estimate of drug-likeness (QED) is 0.808. The summed E-state index contributed by atoms with van der Waals surface area (Å²) in [6, 6.07) is 12.0. The third kappa shape index (κ3) is 2.52. The minimum Gasteiger partial charge on any atom is -0.493 e. The van der Waals surface area contributed by atoms with Crippen LogP contribution in [0.1, 0.15) is 20.3 Å². The summed E-state index contributed by atoms with van der Waals surface area (Å²) < 4.78 is 5.87. The second-order valence-corrected chi connectivity index (χ2v) is 4.52. The third-order valence-electron chi connectivity index (χ3n) is 3.14. The highest BCUT2D eigenvalue weighted by Gasteiger charge is 2.06. The fourth-order valence-corrected chi connectivity index (χ4v) is 1.77. The maximum absolute atomic E-state index is 5.95. The predicted molar refractivity (Wildman–Crippen MR) is 73.3 cm³/mol. The van der Waals surface area contributed by atoms with Crippen LogP contribution in [0, 0.1) is 5.92 Å². The number of rotatable bonds is 4. The molecule has 1 unspecified atom stereocenters. The summed E-state index contributed by atoms with van der Waals surface area (Å²) in [5.74, 6) is 1.50. The number of nitrogen functional groups attached to an aromatic ring is 1. The first kappa shape index (κ1) is 11.8. The molecular weight excluding hydrogens is 210 g/mol. The van der Waals surface area contributed by atoms with E-state index >= 15 is 0 Å². The minimum absolute atomic E-state index is 0.575. The molecule has 2 heteroatoms. The molecule has 1 atom stereocenters. The van der Waals surface area contributed by atoms with E-state index in [9.17, 15) is 0 Å². The van der Waals surface area contributed by atoms with Crippen LogP contribution < -0.4 is 10.5 Å². The molecule has 2 aromatic carbocycles. The van der Waals surface area contributed by atoms with Gasteiger partial charge in [0.25, 0.3) is 0 Å². The Morgan fingerprint density at radius 2 is 1.82 bits per heavy atom. The van der Waals surface area contributed by atoms with Crippen molar-refractivity contribution in [2.45, 2.75) is 20.3 Å². The monoisotopic (exact) mass is 229 g/mol. The predicted octanol–water partition coefficient (Wildman–Crippen LogP) is 3.85. The molecule has 0 heterocycles. The summed E-state index contributed by atoms with van der Waals surface area (Å²) >= 11 is 0. The highest BCUT2D eigenvalue weighted by Crippen LogP contribution is 2.30. The van der Waals surface area contributed by atoms with Gasteiger partial charge < -0.3 is 10.5 Å². The van der Waals surface area contributed by atoms with Gasteiger partial charge in [0.1, 0.15) is 5.75 Å². The molecule has 90 valence electrons. The summed E-state index contributed by atoms with van der Waals surface area (Å²) in [5, 5.41) is 2.16. The highest BCUT2D eigenvalue weighted by atomic mass is 16.5. The molecule has 0 aliphatic carbocycles. The average molecular weight is 229 g/mol. The lowest BCUT2D eigenvalue weighted by Gasteiger charge is -2.13. The molecule has 0 fully saturated rings. The van der Waals surface area contributed by atoms with Crippen LogP contribution in [-0.2, 0) is 0 Å². The lowest BCUT2D eigenvalue weighted by molar-refractivity contribution is 0.259. The topological polar surface area (TPSA) is 35.2 Å². The Balaban J connectivity index is 2.32. The Morgan fingerprint density at radius 1 is 1.12 bits per heavy atom. The second-order valence-electron chi connectivity index (χ2n) is 4.52. The van der Waals surface area contributed by atoms with Crippen LogP contribution in [0.25, 0.3) is 10.8 Å². The maximum Gasteiger partial charge on any atom is 0.127 e. The van der Waals surface area contributed by atoms with Crippen LogP contribution in [0.4, 0.5) is 5.69 Å². The summed E-state index contributed by atoms with van der Waals surface area (Å²) in [4.78, 5) is 0. The molecule has 0 aromatic heterocycles. The molecule has 17 heavy (non-hydrogen) atoms. The first-order valence-corrected chi connectivity index (χ1v) is 6.12. The van der Waals surface area contributed by atoms with Crippen LogP contribution in [0.3, 0.4) is 0 Å². The highest BCUT2D eigenvalue weighted by molar-refractivity contribution is 5.96. The zero-order chi connectivity index (χ0) is 12.3. The van der Waals surface area contributed by atoms with Gasteiger partial charge in [0.05, 0.1) is 6.61 Å². The zero-order valence-electron chi connectivity index (χ0n) is 10.4. The summed E-state index contributed by atoms with van der Waals surface area (Å²) in [7, 11) is 0. The van der Waals surface area contributed by atoms with Gasteiger partial charge in [-0.3, -0.25) is 0 Å². The van der Waals surface area contributed by atoms with Gasteiger partial charge in [-0.2, -0.15) is 0 Å². The molecule has 0 amide bonds. The van der Waals surface area contributed by atoms with Crippen molar-refractivity contribution in [3.8, 4) is 5.75 Å². The van der Waals surface area contributed by atoms with Crippen LogP contribution in [0.5, 0.6) is 5.75 Å². The number of fused-ring (bicyclic) bond motifs is 1. The number of ether oxygens (including phenoxy) is 1. The summed E-state index contributed by atoms with van der Waals surface area (Å²) in [6.07, 6.45) is 1.13. The Bertz CT molecular complexity index is 507. The first-order chi connectivity index (χ1) is 8.22. The van der Waals surface area contributed by atoms with Crippen molar-refractivity contribution in [1.82, 2.24) is 0 Å². The molecule has 0 bridgehead atoms. The number of hydrogen-bond donors (Lipinski definition) is 1. The van der Waals surface area contributed by atoms with Gasteiger partial charge in [0, 0.05) is 16.5 Å². The van der Waals surface area contributed by atoms with E-state index in [2.05, 4.69) is 19.9 Å². The molecule has 0 aliphatic rings. The molecule has 2 rings (SSSR count). The fourth-order valence-electron chi connectivity index (χ4n) is 1.77. The van der Waals surface area contributed by atoms with E-state index in [1.807, 2.05) is 30.3 Å². The SMILES string of the molecule is CCC(C)COc1ccc(N)c2ccccc12. The van der Waals surface area contributed by atoms with E-state index in [1.54, 1.807) is 0 Å². The van der Waals surface area contributed by atoms with Gasteiger partial charge in [-0.15, -0.1) is 0 Å². The fraction of sp³-hybridized carbons (Fsp3) is 0.333. The molecule has 2 nitrogen and oxygen atoms in total. The standard InChI is InChI=1S/C15H19NO/c1-3-11(2)10-17-15-9-8-14(16)12-6-4-5-7-13(12)15/h4-9,11H,3,10,16H2,1-2H3. The molecule has 0 aliphatic heterocycles. The van der Waals surface area contributed by atoms with Gasteiger partial charge in [-0.1, -0.05) is 44.5 Å². The lowest BCUT2D eigenvalue weighted by atomic mass is 10.1. The number of anilines is 1. The van der Waals surface area contributed by atoms with Crippen molar-refractivity contribution >= 4 is 16.5 Å². The van der Waals surface area contributed by atoms with E-state index in [0.717, 1.165) is 35.2 Å². The Kier molecular flexibility index (Phi) is 3.52. The number of nitrogens with two attached hydrogens (primary N) is 1. The molecule has 0 radical (unpaired) electrons. The molecule has 0 saturated carbocycles. The van der Waals surface area contributed by atoms with Crippen LogP contribution in [0.15, 0.2) is 36.4 Å². The average Bonchev–Trinajstić information content (AvgIpc) is 2.38. The molecule has 0 spiro atoms. The van der Waals surface area contributed by atoms with Gasteiger partial charge in [-0.25, -0.2) is 0 Å². The van der Waals surface area contributed by atoms with Crippen molar-refractivity contribution in [3.63, 3.8) is 0 Å². The molecule has 0 saturated heterocycles. The number of hydrogen-bond acceptors (Lipinski definition) is 2. The zero-order valence-corrected chi connectivity index (χ0v) is 10.4. The van der Waals surface area contributed by atoms with Crippen LogP contribution in [0.2, 0.25) is 0 Å². The maximum atomic E-state index is 5.95. The van der Waals surface area contributed by atoms with Gasteiger partial charge in [-0.05, 0) is 18.1 Å². The Labute approximate surface area is 102 Å². The van der Waals surface area contributed by atoms with Gasteiger partial charge >= 0.3 is 0 Å². The van der Waals surface area contributed by atoms with E-state index in [0.29, 0.717) is 5.92 Å². The van der Waals surface area contributed by atoms with E-state index in [4.69, 9.17) is 10.5 Å². The van der Waals surface area contributed by atoms with Crippen molar-refractivity contribution < 1.29 is 4.74 Å².